The van der Waals surface area contributed by atoms with Crippen molar-refractivity contribution >= 4 is 16.8 Å². The number of aromatic nitrogens is 1. The molecule has 1 aromatic heterocycles. The molecule has 1 aliphatic heterocycles. The van der Waals surface area contributed by atoms with Crippen molar-refractivity contribution in [2.45, 2.75) is 39.3 Å². The second-order valence-corrected chi connectivity index (χ2v) is 7.34. The van der Waals surface area contributed by atoms with Crippen LogP contribution < -0.4 is 10.1 Å². The molecule has 25 heavy (non-hydrogen) atoms. The molecule has 1 amide bonds. The summed E-state index contributed by atoms with van der Waals surface area (Å²) < 4.78 is 7.24. The van der Waals surface area contributed by atoms with Gasteiger partial charge in [0.05, 0.1) is 7.11 Å². The van der Waals surface area contributed by atoms with E-state index in [0.29, 0.717) is 6.54 Å². The maximum atomic E-state index is 12.4. The number of methoxy groups -OCH3 is 1. The minimum Gasteiger partial charge on any atom is -0.497 e. The predicted octanol–water partition coefficient (Wildman–Crippen LogP) is 2.89. The SMILES string of the molecule is COc1ccc2c(ccn2CC(=O)NC(C)CN2CCCC(C)C2)c1. The molecule has 1 aromatic carbocycles. The molecule has 2 aromatic rings. The molecular weight excluding hydrogens is 314 g/mol. The van der Waals surface area contributed by atoms with Gasteiger partial charge in [-0.1, -0.05) is 6.92 Å². The summed E-state index contributed by atoms with van der Waals surface area (Å²) in [5.74, 6) is 1.66. The monoisotopic (exact) mass is 343 g/mol. The Bertz CT molecular complexity index is 725. The normalized spacial score (nSPS) is 19.7. The second kappa shape index (κ2) is 7.91. The van der Waals surface area contributed by atoms with Crippen molar-refractivity contribution in [1.29, 1.82) is 0 Å². The van der Waals surface area contributed by atoms with Gasteiger partial charge in [0.2, 0.25) is 5.91 Å². The lowest BCUT2D eigenvalue weighted by Crippen LogP contribution is -2.45. The van der Waals surface area contributed by atoms with Gasteiger partial charge < -0.3 is 19.5 Å². The Morgan fingerprint density at radius 3 is 3.00 bits per heavy atom. The fourth-order valence-electron chi connectivity index (χ4n) is 3.80. The number of rotatable bonds is 6. The molecular formula is C20H29N3O2. The third-order valence-corrected chi connectivity index (χ3v) is 4.97. The molecule has 5 heteroatoms. The Morgan fingerprint density at radius 1 is 1.40 bits per heavy atom. The lowest BCUT2D eigenvalue weighted by atomic mass is 10.00. The zero-order valence-corrected chi connectivity index (χ0v) is 15.5. The van der Waals surface area contributed by atoms with Crippen molar-refractivity contribution < 1.29 is 9.53 Å². The highest BCUT2D eigenvalue weighted by atomic mass is 16.5. The number of carbonyl (C=O) groups excluding carboxylic acids is 1. The highest BCUT2D eigenvalue weighted by Gasteiger charge is 2.19. The topological polar surface area (TPSA) is 46.5 Å². The van der Waals surface area contributed by atoms with Gasteiger partial charge in [0.25, 0.3) is 0 Å². The number of amides is 1. The highest BCUT2D eigenvalue weighted by molar-refractivity contribution is 5.84. The summed E-state index contributed by atoms with van der Waals surface area (Å²) in [6.45, 7) is 7.96. The minimum atomic E-state index is 0.0610. The fourth-order valence-corrected chi connectivity index (χ4v) is 3.80. The van der Waals surface area contributed by atoms with Crippen LogP contribution in [0.5, 0.6) is 5.75 Å². The van der Waals surface area contributed by atoms with Crippen LogP contribution in [-0.2, 0) is 11.3 Å². The summed E-state index contributed by atoms with van der Waals surface area (Å²) in [4.78, 5) is 14.9. The Balaban J connectivity index is 1.55. The number of nitrogens with zero attached hydrogens (tertiary/aromatic N) is 2. The molecule has 0 spiro atoms. The Morgan fingerprint density at radius 2 is 2.24 bits per heavy atom. The minimum absolute atomic E-state index is 0.0610. The number of fused-ring (bicyclic) bond motifs is 1. The van der Waals surface area contributed by atoms with Gasteiger partial charge in [-0.3, -0.25) is 4.79 Å². The Labute approximate surface area is 149 Å². The average Bonchev–Trinajstić information content (AvgIpc) is 2.96. The van der Waals surface area contributed by atoms with Crippen LogP contribution in [0.1, 0.15) is 26.7 Å². The molecule has 1 saturated heterocycles. The van der Waals surface area contributed by atoms with Crippen LogP contribution in [-0.4, -0.2) is 48.2 Å². The van der Waals surface area contributed by atoms with E-state index in [9.17, 15) is 4.79 Å². The van der Waals surface area contributed by atoms with Crippen LogP contribution in [0.4, 0.5) is 0 Å². The molecule has 0 saturated carbocycles. The van der Waals surface area contributed by atoms with Gasteiger partial charge in [0, 0.05) is 36.2 Å². The maximum absolute atomic E-state index is 12.4. The fraction of sp³-hybridized carbons (Fsp3) is 0.550. The van der Waals surface area contributed by atoms with Crippen LogP contribution in [0.2, 0.25) is 0 Å². The number of benzene rings is 1. The lowest BCUT2D eigenvalue weighted by molar-refractivity contribution is -0.122. The molecule has 0 aliphatic carbocycles. The number of nitrogens with one attached hydrogen (secondary N) is 1. The van der Waals surface area contributed by atoms with Crippen molar-refractivity contribution in [3.63, 3.8) is 0 Å². The molecule has 2 heterocycles. The molecule has 1 aliphatic rings. The van der Waals surface area contributed by atoms with Crippen molar-refractivity contribution in [1.82, 2.24) is 14.8 Å². The van der Waals surface area contributed by atoms with Gasteiger partial charge in [0.15, 0.2) is 0 Å². The van der Waals surface area contributed by atoms with Gasteiger partial charge >= 0.3 is 0 Å². The second-order valence-electron chi connectivity index (χ2n) is 7.34. The molecule has 2 atom stereocenters. The first-order valence-electron chi connectivity index (χ1n) is 9.19. The Kier molecular flexibility index (Phi) is 5.63. The number of hydrogen-bond acceptors (Lipinski definition) is 3. The summed E-state index contributed by atoms with van der Waals surface area (Å²) in [6, 6.07) is 8.10. The molecule has 136 valence electrons. The van der Waals surface area contributed by atoms with Crippen molar-refractivity contribution in [2.24, 2.45) is 5.92 Å². The van der Waals surface area contributed by atoms with E-state index in [1.165, 1.54) is 12.8 Å². The van der Waals surface area contributed by atoms with Gasteiger partial charge in [-0.25, -0.2) is 0 Å². The quantitative estimate of drug-likeness (QED) is 0.877. The summed E-state index contributed by atoms with van der Waals surface area (Å²) in [5.41, 5.74) is 1.05. The average molecular weight is 343 g/mol. The van der Waals surface area contributed by atoms with E-state index in [1.807, 2.05) is 35.0 Å². The Hall–Kier alpha value is -2.01. The number of carbonyl (C=O) groups is 1. The number of piperidine rings is 1. The first-order valence-corrected chi connectivity index (χ1v) is 9.19. The van der Waals surface area contributed by atoms with Crippen molar-refractivity contribution in [3.8, 4) is 5.75 Å². The number of likely N-dealkylation sites (tertiary alicyclic amines) is 1. The summed E-state index contributed by atoms with van der Waals surface area (Å²) >= 11 is 0. The van der Waals surface area contributed by atoms with Crippen LogP contribution in [0.3, 0.4) is 0 Å². The first-order chi connectivity index (χ1) is 12.0. The van der Waals surface area contributed by atoms with Crippen molar-refractivity contribution in [2.75, 3.05) is 26.7 Å². The summed E-state index contributed by atoms with van der Waals surface area (Å²) in [6.07, 6.45) is 4.55. The third kappa shape index (κ3) is 4.54. The molecule has 3 rings (SSSR count). The number of ether oxygens (including phenoxy) is 1. The van der Waals surface area contributed by atoms with Crippen molar-refractivity contribution in [3.05, 3.63) is 30.5 Å². The zero-order valence-electron chi connectivity index (χ0n) is 15.5. The summed E-state index contributed by atoms with van der Waals surface area (Å²) in [5, 5.41) is 4.23. The molecule has 2 unspecified atom stereocenters. The smallest absolute Gasteiger partial charge is 0.240 e. The van der Waals surface area contributed by atoms with Gasteiger partial charge in [-0.05, 0) is 56.5 Å². The summed E-state index contributed by atoms with van der Waals surface area (Å²) in [7, 11) is 1.66. The lowest BCUT2D eigenvalue weighted by Gasteiger charge is -2.32. The third-order valence-electron chi connectivity index (χ3n) is 4.97. The number of hydrogen-bond donors (Lipinski definition) is 1. The van der Waals surface area contributed by atoms with E-state index in [0.717, 1.165) is 42.2 Å². The van der Waals surface area contributed by atoms with E-state index in [-0.39, 0.29) is 11.9 Å². The van der Waals surface area contributed by atoms with E-state index >= 15 is 0 Å². The van der Waals surface area contributed by atoms with E-state index in [1.54, 1.807) is 7.11 Å². The van der Waals surface area contributed by atoms with E-state index in [2.05, 4.69) is 24.1 Å². The standard InChI is InChI=1S/C20H29N3O2/c1-15-5-4-9-22(12-15)13-16(2)21-20(24)14-23-10-8-17-11-18(25-3)6-7-19(17)23/h6-8,10-11,15-16H,4-5,9,12-14H2,1-3H3,(H,21,24). The van der Waals surface area contributed by atoms with Crippen LogP contribution in [0.15, 0.2) is 30.5 Å². The van der Waals surface area contributed by atoms with E-state index in [4.69, 9.17) is 4.74 Å². The first kappa shape index (κ1) is 17.8. The highest BCUT2D eigenvalue weighted by Crippen LogP contribution is 2.21. The van der Waals surface area contributed by atoms with Crippen LogP contribution in [0, 0.1) is 5.92 Å². The molecule has 5 nitrogen and oxygen atoms in total. The van der Waals surface area contributed by atoms with Gasteiger partial charge in [-0.15, -0.1) is 0 Å². The van der Waals surface area contributed by atoms with Crippen LogP contribution in [0.25, 0.3) is 10.9 Å². The van der Waals surface area contributed by atoms with Gasteiger partial charge in [0.1, 0.15) is 12.3 Å². The molecule has 1 fully saturated rings. The molecule has 0 bridgehead atoms. The van der Waals surface area contributed by atoms with Gasteiger partial charge in [-0.2, -0.15) is 0 Å². The van der Waals surface area contributed by atoms with E-state index < -0.39 is 0 Å². The predicted molar refractivity (Wildman–Crippen MR) is 101 cm³/mol. The zero-order chi connectivity index (χ0) is 17.8. The van der Waals surface area contributed by atoms with Crippen LogP contribution >= 0.6 is 0 Å². The molecule has 1 N–H and O–H groups in total. The maximum Gasteiger partial charge on any atom is 0.240 e. The molecule has 0 radical (unpaired) electrons. The largest absolute Gasteiger partial charge is 0.497 e.